The normalized spacial score (nSPS) is 12.9. The summed E-state index contributed by atoms with van der Waals surface area (Å²) in [5.74, 6) is -0.286. The molecule has 1 atom stereocenters. The Morgan fingerprint density at radius 1 is 0.905 bits per heavy atom. The summed E-state index contributed by atoms with van der Waals surface area (Å²) in [4.78, 5) is 10.7. The number of hydrogen-bond donors (Lipinski definition) is 2. The average molecular weight is 296 g/mol. The Balaban J connectivity index is 3.15. The maximum absolute atomic E-state index is 10.7. The van der Waals surface area contributed by atoms with Crippen molar-refractivity contribution in [2.75, 3.05) is 0 Å². The van der Waals surface area contributed by atoms with E-state index in [1.54, 1.807) is 0 Å². The first-order valence-electron chi connectivity index (χ1n) is 8.85. The van der Waals surface area contributed by atoms with Crippen molar-refractivity contribution < 1.29 is 4.79 Å². The van der Waals surface area contributed by atoms with Crippen LogP contribution < -0.4 is 11.5 Å². The molecule has 4 N–H and O–H groups in total. The molecule has 0 heterocycles. The van der Waals surface area contributed by atoms with E-state index in [1.165, 1.54) is 64.2 Å². The first-order valence-corrected chi connectivity index (χ1v) is 8.85. The van der Waals surface area contributed by atoms with Gasteiger partial charge >= 0.3 is 0 Å². The number of rotatable bonds is 15. The predicted molar refractivity (Wildman–Crippen MR) is 92.0 cm³/mol. The van der Waals surface area contributed by atoms with Gasteiger partial charge in [0.25, 0.3) is 0 Å². The molecule has 21 heavy (non-hydrogen) atoms. The molecule has 0 aliphatic heterocycles. The number of primary amides is 1. The van der Waals surface area contributed by atoms with Gasteiger partial charge in [0.15, 0.2) is 0 Å². The summed E-state index contributed by atoms with van der Waals surface area (Å²) in [6.45, 7) is 2.24. The molecule has 0 saturated carbocycles. The molecule has 0 aliphatic carbocycles. The molecule has 1 unspecified atom stereocenters. The second-order valence-corrected chi connectivity index (χ2v) is 6.10. The highest BCUT2D eigenvalue weighted by molar-refractivity contribution is 5.74. The van der Waals surface area contributed by atoms with E-state index in [0.29, 0.717) is 6.42 Å². The third-order valence-corrected chi connectivity index (χ3v) is 3.80. The van der Waals surface area contributed by atoms with Crippen LogP contribution in [0.4, 0.5) is 0 Å². The minimum absolute atomic E-state index is 0.0398. The van der Waals surface area contributed by atoms with Crippen LogP contribution in [0.5, 0.6) is 0 Å². The van der Waals surface area contributed by atoms with Gasteiger partial charge in [0.05, 0.1) is 0 Å². The van der Waals surface area contributed by atoms with Crippen molar-refractivity contribution in [3.63, 3.8) is 0 Å². The molecular weight excluding hydrogens is 260 g/mol. The van der Waals surface area contributed by atoms with E-state index in [1.807, 2.05) is 0 Å². The van der Waals surface area contributed by atoms with Crippen LogP contribution in [-0.4, -0.2) is 11.9 Å². The van der Waals surface area contributed by atoms with Gasteiger partial charge in [-0.05, 0) is 25.7 Å². The summed E-state index contributed by atoms with van der Waals surface area (Å²) in [7, 11) is 0. The molecule has 3 heteroatoms. The van der Waals surface area contributed by atoms with Gasteiger partial charge in [-0.1, -0.05) is 70.4 Å². The molecule has 0 aromatic heterocycles. The lowest BCUT2D eigenvalue weighted by Crippen LogP contribution is -2.27. The fourth-order valence-electron chi connectivity index (χ4n) is 2.47. The largest absolute Gasteiger partial charge is 0.370 e. The Hall–Kier alpha value is -0.830. The summed E-state index contributed by atoms with van der Waals surface area (Å²) in [5.41, 5.74) is 10.9. The minimum Gasteiger partial charge on any atom is -0.370 e. The molecule has 3 nitrogen and oxygen atoms in total. The fourth-order valence-corrected chi connectivity index (χ4v) is 2.47. The molecule has 0 aromatic rings. The summed E-state index contributed by atoms with van der Waals surface area (Å²) in [5, 5.41) is 0. The van der Waals surface area contributed by atoms with Crippen LogP contribution >= 0.6 is 0 Å². The molecular formula is C18H36N2O. The highest BCUT2D eigenvalue weighted by Gasteiger charge is 2.05. The van der Waals surface area contributed by atoms with Gasteiger partial charge in [0, 0.05) is 12.5 Å². The van der Waals surface area contributed by atoms with Crippen LogP contribution in [0.3, 0.4) is 0 Å². The lowest BCUT2D eigenvalue weighted by molar-refractivity contribution is -0.118. The van der Waals surface area contributed by atoms with Crippen molar-refractivity contribution >= 4 is 5.91 Å². The minimum atomic E-state index is -0.286. The Bertz CT molecular complexity index is 264. The number of carbonyl (C=O) groups excluding carboxylic acids is 1. The van der Waals surface area contributed by atoms with Crippen molar-refractivity contribution in [3.05, 3.63) is 12.2 Å². The van der Waals surface area contributed by atoms with E-state index in [4.69, 9.17) is 11.5 Å². The SMILES string of the molecule is CCCC/C=C\CCCCCCCCCC(N)CC(N)=O. The van der Waals surface area contributed by atoms with Gasteiger partial charge in [-0.15, -0.1) is 0 Å². The highest BCUT2D eigenvalue weighted by atomic mass is 16.1. The molecule has 124 valence electrons. The predicted octanol–water partition coefficient (Wildman–Crippen LogP) is 4.45. The van der Waals surface area contributed by atoms with Crippen LogP contribution in [0.15, 0.2) is 12.2 Å². The summed E-state index contributed by atoms with van der Waals surface area (Å²) >= 11 is 0. The van der Waals surface area contributed by atoms with Crippen LogP contribution in [0.2, 0.25) is 0 Å². The standard InChI is InChI=1S/C18H36N2O/c1-2-3-4-5-6-7-8-9-10-11-12-13-14-15-17(19)16-18(20)21/h5-6,17H,2-4,7-16,19H2,1H3,(H2,20,21)/b6-5-. The van der Waals surface area contributed by atoms with Gasteiger partial charge in [-0.2, -0.15) is 0 Å². The Morgan fingerprint density at radius 2 is 1.43 bits per heavy atom. The molecule has 0 aromatic carbocycles. The van der Waals surface area contributed by atoms with Crippen LogP contribution in [-0.2, 0) is 4.79 Å². The van der Waals surface area contributed by atoms with E-state index >= 15 is 0 Å². The Kier molecular flexibility index (Phi) is 14.9. The monoisotopic (exact) mass is 296 g/mol. The molecule has 0 rings (SSSR count). The summed E-state index contributed by atoms with van der Waals surface area (Å²) in [6, 6.07) is -0.0398. The Labute approximate surface area is 131 Å². The zero-order valence-electron chi connectivity index (χ0n) is 14.0. The molecule has 1 amide bonds. The Morgan fingerprint density at radius 3 is 2.00 bits per heavy atom. The number of unbranched alkanes of at least 4 members (excludes halogenated alkanes) is 9. The quantitative estimate of drug-likeness (QED) is 0.346. The van der Waals surface area contributed by atoms with Gasteiger partial charge in [-0.25, -0.2) is 0 Å². The van der Waals surface area contributed by atoms with Gasteiger partial charge in [0.2, 0.25) is 5.91 Å². The fraction of sp³-hybridized carbons (Fsp3) is 0.833. The molecule has 0 spiro atoms. The topological polar surface area (TPSA) is 69.1 Å². The second-order valence-electron chi connectivity index (χ2n) is 6.10. The highest BCUT2D eigenvalue weighted by Crippen LogP contribution is 2.11. The smallest absolute Gasteiger partial charge is 0.218 e. The van der Waals surface area contributed by atoms with E-state index in [2.05, 4.69) is 19.1 Å². The lowest BCUT2D eigenvalue weighted by atomic mass is 10.0. The number of carbonyl (C=O) groups is 1. The first kappa shape index (κ1) is 20.2. The third-order valence-electron chi connectivity index (χ3n) is 3.80. The third kappa shape index (κ3) is 17.1. The van der Waals surface area contributed by atoms with Crippen LogP contribution in [0, 0.1) is 0 Å². The van der Waals surface area contributed by atoms with Crippen molar-refractivity contribution in [3.8, 4) is 0 Å². The number of nitrogens with two attached hydrogens (primary N) is 2. The number of amides is 1. The van der Waals surface area contributed by atoms with Crippen molar-refractivity contribution in [1.29, 1.82) is 0 Å². The van der Waals surface area contributed by atoms with Crippen LogP contribution in [0.1, 0.15) is 90.4 Å². The van der Waals surface area contributed by atoms with Gasteiger partial charge in [-0.3, -0.25) is 4.79 Å². The molecule has 0 aliphatic rings. The van der Waals surface area contributed by atoms with Crippen molar-refractivity contribution in [1.82, 2.24) is 0 Å². The van der Waals surface area contributed by atoms with E-state index in [9.17, 15) is 4.79 Å². The van der Waals surface area contributed by atoms with Crippen LogP contribution in [0.25, 0.3) is 0 Å². The lowest BCUT2D eigenvalue weighted by Gasteiger charge is -2.08. The zero-order valence-corrected chi connectivity index (χ0v) is 14.0. The molecule has 0 bridgehead atoms. The zero-order chi connectivity index (χ0) is 15.8. The molecule has 0 saturated heterocycles. The van der Waals surface area contributed by atoms with Crippen molar-refractivity contribution in [2.45, 2.75) is 96.4 Å². The molecule has 0 radical (unpaired) electrons. The first-order chi connectivity index (χ1) is 10.2. The average Bonchev–Trinajstić information content (AvgIpc) is 2.43. The maximum Gasteiger partial charge on any atom is 0.218 e. The van der Waals surface area contributed by atoms with Gasteiger partial charge in [0.1, 0.15) is 0 Å². The van der Waals surface area contributed by atoms with Gasteiger partial charge < -0.3 is 11.5 Å². The summed E-state index contributed by atoms with van der Waals surface area (Å²) < 4.78 is 0. The maximum atomic E-state index is 10.7. The summed E-state index contributed by atoms with van der Waals surface area (Å²) in [6.07, 6.45) is 20.0. The number of allylic oxidation sites excluding steroid dienone is 2. The van der Waals surface area contributed by atoms with E-state index in [-0.39, 0.29) is 11.9 Å². The van der Waals surface area contributed by atoms with Crippen molar-refractivity contribution in [2.24, 2.45) is 11.5 Å². The molecule has 0 fully saturated rings. The van der Waals surface area contributed by atoms with E-state index in [0.717, 1.165) is 12.8 Å². The number of hydrogen-bond acceptors (Lipinski definition) is 2. The van der Waals surface area contributed by atoms with E-state index < -0.39 is 0 Å². The second kappa shape index (κ2) is 15.6.